The van der Waals surface area contributed by atoms with Gasteiger partial charge in [0.15, 0.2) is 5.65 Å². The first-order chi connectivity index (χ1) is 12.1. The van der Waals surface area contributed by atoms with Crippen molar-refractivity contribution in [3.05, 3.63) is 42.0 Å². The number of hydrogen-bond acceptors (Lipinski definition) is 6. The molecular weight excluding hydrogens is 318 g/mol. The van der Waals surface area contributed by atoms with E-state index in [4.69, 9.17) is 0 Å². The van der Waals surface area contributed by atoms with Crippen molar-refractivity contribution in [3.8, 4) is 0 Å². The average Bonchev–Trinajstić information content (AvgIpc) is 3.18. The Morgan fingerprint density at radius 3 is 3.04 bits per heavy atom. The second-order valence-corrected chi connectivity index (χ2v) is 6.26. The Bertz CT molecular complexity index is 1040. The van der Waals surface area contributed by atoms with Crippen molar-refractivity contribution in [3.63, 3.8) is 0 Å². The predicted molar refractivity (Wildman–Crippen MR) is 94.8 cm³/mol. The molecule has 0 bridgehead atoms. The number of aromatic amines is 1. The number of aliphatic hydroxyl groups is 1. The molecule has 128 valence electrons. The van der Waals surface area contributed by atoms with Crippen LogP contribution in [0.5, 0.6) is 0 Å². The zero-order chi connectivity index (χ0) is 17.4. The van der Waals surface area contributed by atoms with Crippen molar-refractivity contribution in [1.82, 2.24) is 29.8 Å². The van der Waals surface area contributed by atoms with Crippen LogP contribution in [0.15, 0.2) is 30.5 Å². The van der Waals surface area contributed by atoms with Gasteiger partial charge in [0.2, 0.25) is 5.95 Å². The Kier molecular flexibility index (Phi) is 3.81. The predicted octanol–water partition coefficient (Wildman–Crippen LogP) is 2.22. The molecule has 0 aliphatic rings. The lowest BCUT2D eigenvalue weighted by Crippen LogP contribution is -2.10. The van der Waals surface area contributed by atoms with Gasteiger partial charge < -0.3 is 10.4 Å². The minimum Gasteiger partial charge on any atom is -0.396 e. The fraction of sp³-hybridized carbons (Fsp3) is 0.294. The van der Waals surface area contributed by atoms with Crippen molar-refractivity contribution < 1.29 is 5.11 Å². The summed E-state index contributed by atoms with van der Waals surface area (Å²) in [6.07, 6.45) is 2.35. The summed E-state index contributed by atoms with van der Waals surface area (Å²) in [4.78, 5) is 8.86. The molecule has 0 saturated heterocycles. The molecular formula is C17H19N7O. The van der Waals surface area contributed by atoms with E-state index in [1.807, 2.05) is 38.1 Å². The zero-order valence-corrected chi connectivity index (χ0v) is 14.1. The van der Waals surface area contributed by atoms with Gasteiger partial charge in [-0.3, -0.25) is 5.10 Å². The number of aliphatic hydroxyl groups excluding tert-OH is 1. The first-order valence-electron chi connectivity index (χ1n) is 8.17. The first kappa shape index (κ1) is 15.5. The van der Waals surface area contributed by atoms with E-state index in [-0.39, 0.29) is 12.5 Å². The van der Waals surface area contributed by atoms with Crippen molar-refractivity contribution in [2.45, 2.75) is 20.3 Å². The Morgan fingerprint density at radius 1 is 1.32 bits per heavy atom. The summed E-state index contributed by atoms with van der Waals surface area (Å²) in [7, 11) is 0. The SMILES string of the molecule is Cc1[nH]nc2cc(Nc3nc4ccnc(C[C@H](C)CO)n4n3)ccc12. The molecule has 1 aromatic carbocycles. The van der Waals surface area contributed by atoms with Crippen LogP contribution in [0.25, 0.3) is 16.6 Å². The van der Waals surface area contributed by atoms with Crippen molar-refractivity contribution in [2.75, 3.05) is 11.9 Å². The van der Waals surface area contributed by atoms with E-state index in [1.165, 1.54) is 0 Å². The monoisotopic (exact) mass is 337 g/mol. The van der Waals surface area contributed by atoms with E-state index in [0.717, 1.165) is 28.1 Å². The largest absolute Gasteiger partial charge is 0.396 e. The topological polar surface area (TPSA) is 104 Å². The summed E-state index contributed by atoms with van der Waals surface area (Å²) in [6.45, 7) is 4.08. The molecule has 3 aromatic heterocycles. The molecule has 1 atom stereocenters. The number of fused-ring (bicyclic) bond motifs is 2. The first-order valence-corrected chi connectivity index (χ1v) is 8.17. The normalized spacial score (nSPS) is 12.8. The molecule has 0 amide bonds. The van der Waals surface area contributed by atoms with Crippen LogP contribution in [-0.4, -0.2) is 41.5 Å². The number of anilines is 2. The molecule has 0 unspecified atom stereocenters. The second-order valence-electron chi connectivity index (χ2n) is 6.26. The lowest BCUT2D eigenvalue weighted by atomic mass is 10.1. The van der Waals surface area contributed by atoms with Gasteiger partial charge in [-0.1, -0.05) is 6.92 Å². The lowest BCUT2D eigenvalue weighted by molar-refractivity contribution is 0.235. The minimum absolute atomic E-state index is 0.112. The highest BCUT2D eigenvalue weighted by molar-refractivity contribution is 5.84. The molecule has 25 heavy (non-hydrogen) atoms. The summed E-state index contributed by atoms with van der Waals surface area (Å²) in [5.74, 6) is 1.39. The molecule has 0 aliphatic heterocycles. The molecule has 4 rings (SSSR count). The van der Waals surface area contributed by atoms with Gasteiger partial charge in [0.1, 0.15) is 5.82 Å². The summed E-state index contributed by atoms with van der Waals surface area (Å²) in [6, 6.07) is 7.76. The third-order valence-corrected chi connectivity index (χ3v) is 4.17. The molecule has 3 N–H and O–H groups in total. The Hall–Kier alpha value is -3.00. The molecule has 0 saturated carbocycles. The average molecular weight is 337 g/mol. The lowest BCUT2D eigenvalue weighted by Gasteiger charge is -2.07. The number of hydrogen-bond donors (Lipinski definition) is 3. The van der Waals surface area contributed by atoms with Gasteiger partial charge in [0, 0.05) is 42.1 Å². The Labute approximate surface area is 143 Å². The van der Waals surface area contributed by atoms with E-state index < -0.39 is 0 Å². The zero-order valence-electron chi connectivity index (χ0n) is 14.1. The summed E-state index contributed by atoms with van der Waals surface area (Å²) < 4.78 is 1.71. The van der Waals surface area contributed by atoms with Crippen LogP contribution < -0.4 is 5.32 Å². The van der Waals surface area contributed by atoms with E-state index in [0.29, 0.717) is 18.0 Å². The van der Waals surface area contributed by atoms with Crippen molar-refractivity contribution in [1.29, 1.82) is 0 Å². The summed E-state index contributed by atoms with van der Waals surface area (Å²) in [5, 5.41) is 25.3. The van der Waals surface area contributed by atoms with Gasteiger partial charge in [0.05, 0.1) is 5.52 Å². The highest BCUT2D eigenvalue weighted by atomic mass is 16.3. The number of aromatic nitrogens is 6. The number of nitrogens with one attached hydrogen (secondary N) is 2. The van der Waals surface area contributed by atoms with Gasteiger partial charge in [-0.05, 0) is 31.0 Å². The number of H-pyrrole nitrogens is 1. The third kappa shape index (κ3) is 2.91. The van der Waals surface area contributed by atoms with Crippen LogP contribution in [0.2, 0.25) is 0 Å². The maximum atomic E-state index is 9.26. The number of aryl methyl sites for hydroxylation is 1. The van der Waals surface area contributed by atoms with Gasteiger partial charge in [-0.2, -0.15) is 14.6 Å². The number of benzene rings is 1. The van der Waals surface area contributed by atoms with Crippen LogP contribution in [0, 0.1) is 12.8 Å². The number of nitrogens with zero attached hydrogens (tertiary/aromatic N) is 5. The molecule has 4 aromatic rings. The molecule has 0 radical (unpaired) electrons. The molecule has 0 spiro atoms. The maximum Gasteiger partial charge on any atom is 0.247 e. The molecule has 8 heteroatoms. The highest BCUT2D eigenvalue weighted by Gasteiger charge is 2.12. The fourth-order valence-corrected chi connectivity index (χ4v) is 2.79. The van der Waals surface area contributed by atoms with Crippen LogP contribution in [0.1, 0.15) is 18.4 Å². The Morgan fingerprint density at radius 2 is 2.20 bits per heavy atom. The smallest absolute Gasteiger partial charge is 0.247 e. The summed E-state index contributed by atoms with van der Waals surface area (Å²) >= 11 is 0. The van der Waals surface area contributed by atoms with Crippen LogP contribution >= 0.6 is 0 Å². The van der Waals surface area contributed by atoms with E-state index in [1.54, 1.807) is 10.7 Å². The van der Waals surface area contributed by atoms with Crippen molar-refractivity contribution >= 4 is 28.2 Å². The second kappa shape index (κ2) is 6.14. The molecule has 3 heterocycles. The van der Waals surface area contributed by atoms with E-state index in [2.05, 4.69) is 30.6 Å². The maximum absolute atomic E-state index is 9.26. The van der Waals surface area contributed by atoms with E-state index in [9.17, 15) is 5.11 Å². The van der Waals surface area contributed by atoms with Gasteiger partial charge >= 0.3 is 0 Å². The van der Waals surface area contributed by atoms with Crippen LogP contribution in [0.3, 0.4) is 0 Å². The van der Waals surface area contributed by atoms with E-state index >= 15 is 0 Å². The van der Waals surface area contributed by atoms with Gasteiger partial charge in [-0.15, -0.1) is 5.10 Å². The fourth-order valence-electron chi connectivity index (χ4n) is 2.79. The molecule has 0 fully saturated rings. The quantitative estimate of drug-likeness (QED) is 0.516. The van der Waals surface area contributed by atoms with Crippen molar-refractivity contribution in [2.24, 2.45) is 5.92 Å². The molecule has 0 aliphatic carbocycles. The third-order valence-electron chi connectivity index (χ3n) is 4.17. The van der Waals surface area contributed by atoms with Gasteiger partial charge in [-0.25, -0.2) is 4.98 Å². The van der Waals surface area contributed by atoms with Crippen LogP contribution in [0.4, 0.5) is 11.6 Å². The van der Waals surface area contributed by atoms with Gasteiger partial charge in [0.25, 0.3) is 0 Å². The summed E-state index contributed by atoms with van der Waals surface area (Å²) in [5.41, 5.74) is 3.52. The highest BCUT2D eigenvalue weighted by Crippen LogP contribution is 2.22. The minimum atomic E-state index is 0.112. The Balaban J connectivity index is 1.65. The molecule has 8 nitrogen and oxygen atoms in total. The number of rotatable bonds is 5. The standard InChI is InChI=1S/C17H19N7O/c1-10(9-25)7-16-18-6-5-15-20-17(23-24(15)16)19-12-3-4-13-11(2)21-22-14(13)8-12/h3-6,8,10,25H,7,9H2,1-2H3,(H,19,23)(H,21,22)/t10-/m0/s1. The van der Waals surface area contributed by atoms with Crippen LogP contribution in [-0.2, 0) is 6.42 Å².